The molecule has 3 aromatic carbocycles. The van der Waals surface area contributed by atoms with E-state index in [-0.39, 0.29) is 37.9 Å². The summed E-state index contributed by atoms with van der Waals surface area (Å²) < 4.78 is 13.7. The Hall–Kier alpha value is -1.94. The third kappa shape index (κ3) is 5.81. The van der Waals surface area contributed by atoms with Gasteiger partial charge in [0.1, 0.15) is 0 Å². The second-order valence-electron chi connectivity index (χ2n) is 7.70. The molecule has 0 saturated heterocycles. The average Bonchev–Trinajstić information content (AvgIpc) is 3.09. The molecule has 3 nitrogen and oxygen atoms in total. The van der Waals surface area contributed by atoms with Crippen LogP contribution in [0.25, 0.3) is 0 Å². The van der Waals surface area contributed by atoms with Crippen molar-refractivity contribution in [1.82, 2.24) is 0 Å². The molecule has 3 aromatic rings. The zero-order valence-electron chi connectivity index (χ0n) is 17.0. The number of hydrogen-bond donors (Lipinski definition) is 1. The van der Waals surface area contributed by atoms with Crippen LogP contribution in [-0.4, -0.2) is 38.9 Å². The summed E-state index contributed by atoms with van der Waals surface area (Å²) in [5.74, 6) is 0.188. The molecule has 0 aromatic heterocycles. The number of hydrogen-bond acceptors (Lipinski definition) is 3. The van der Waals surface area contributed by atoms with Crippen LogP contribution >= 0.6 is 0 Å². The molecule has 30 heavy (non-hydrogen) atoms. The molecular formula is C26H28O3Se. The Morgan fingerprint density at radius 1 is 0.767 bits per heavy atom. The summed E-state index contributed by atoms with van der Waals surface area (Å²) in [6, 6.07) is 31.0. The van der Waals surface area contributed by atoms with E-state index >= 15 is 0 Å². The molecule has 1 fully saturated rings. The molecule has 1 N–H and O–H groups in total. The van der Waals surface area contributed by atoms with E-state index in [1.807, 2.05) is 42.5 Å². The minimum atomic E-state index is -0.351. The molecule has 4 heteroatoms. The number of rotatable bonds is 9. The van der Waals surface area contributed by atoms with Gasteiger partial charge < -0.3 is 0 Å². The fourth-order valence-electron chi connectivity index (χ4n) is 3.92. The molecule has 0 bridgehead atoms. The first-order chi connectivity index (χ1) is 14.8. The first-order valence-corrected chi connectivity index (χ1v) is 12.3. The van der Waals surface area contributed by atoms with Crippen LogP contribution in [0.1, 0.15) is 17.5 Å². The SMILES string of the molecule is O[C@H]1C[C@H](OCc2ccccc2)[C@@H](COCc2ccccc2)[C@@H]1[Se]c1ccccc1. The summed E-state index contributed by atoms with van der Waals surface area (Å²) in [5, 5.41) is 10.9. The van der Waals surface area contributed by atoms with Gasteiger partial charge in [-0.3, -0.25) is 0 Å². The molecule has 0 spiro atoms. The normalized spacial score (nSPS) is 23.5. The zero-order chi connectivity index (χ0) is 20.6. The molecule has 1 aliphatic rings. The average molecular weight is 467 g/mol. The van der Waals surface area contributed by atoms with Gasteiger partial charge in [-0.2, -0.15) is 0 Å². The number of benzene rings is 3. The van der Waals surface area contributed by atoms with Crippen molar-refractivity contribution in [3.8, 4) is 0 Å². The van der Waals surface area contributed by atoms with Crippen molar-refractivity contribution in [3.05, 3.63) is 102 Å². The van der Waals surface area contributed by atoms with E-state index in [1.54, 1.807) is 0 Å². The van der Waals surface area contributed by atoms with Gasteiger partial charge in [-0.25, -0.2) is 0 Å². The minimum absolute atomic E-state index is 0.00608. The summed E-state index contributed by atoms with van der Waals surface area (Å²) in [6.45, 7) is 1.76. The Bertz CT molecular complexity index is 873. The molecule has 156 valence electrons. The second kappa shape index (κ2) is 10.9. The van der Waals surface area contributed by atoms with Gasteiger partial charge in [-0.15, -0.1) is 0 Å². The number of aliphatic hydroxyl groups excluding tert-OH is 1. The standard InChI is InChI=1S/C26H28O3Se/c27-24-16-25(29-18-21-12-6-2-7-13-21)23(19-28-17-20-10-4-1-5-11-20)26(24)30-22-14-8-3-9-15-22/h1-15,23-27H,16-19H2/t23-,24+,25+,26+/m1/s1. The molecule has 0 aliphatic heterocycles. The van der Waals surface area contributed by atoms with Crippen LogP contribution in [0.5, 0.6) is 0 Å². The summed E-state index contributed by atoms with van der Waals surface area (Å²) in [5.41, 5.74) is 2.33. The van der Waals surface area contributed by atoms with Gasteiger partial charge in [0.05, 0.1) is 0 Å². The van der Waals surface area contributed by atoms with Crippen LogP contribution in [0, 0.1) is 5.92 Å². The Morgan fingerprint density at radius 3 is 1.97 bits per heavy atom. The topological polar surface area (TPSA) is 38.7 Å². The maximum absolute atomic E-state index is 10.9. The molecule has 4 rings (SSSR count). The molecule has 4 atom stereocenters. The van der Waals surface area contributed by atoms with Gasteiger partial charge in [-0.1, -0.05) is 0 Å². The molecule has 1 saturated carbocycles. The third-order valence-corrected chi connectivity index (χ3v) is 8.60. The molecule has 0 heterocycles. The van der Waals surface area contributed by atoms with E-state index in [0.717, 1.165) is 5.56 Å². The van der Waals surface area contributed by atoms with Crippen LogP contribution in [-0.2, 0) is 22.7 Å². The maximum atomic E-state index is 10.9. The van der Waals surface area contributed by atoms with Crippen LogP contribution < -0.4 is 4.46 Å². The van der Waals surface area contributed by atoms with Gasteiger partial charge >= 0.3 is 185 Å². The predicted molar refractivity (Wildman–Crippen MR) is 121 cm³/mol. The van der Waals surface area contributed by atoms with E-state index in [4.69, 9.17) is 9.47 Å². The Balaban J connectivity index is 1.43. The Labute approximate surface area is 185 Å². The molecule has 1 aliphatic carbocycles. The fourth-order valence-corrected chi connectivity index (χ4v) is 6.71. The monoisotopic (exact) mass is 468 g/mol. The molecule has 0 amide bonds. The van der Waals surface area contributed by atoms with Crippen molar-refractivity contribution < 1.29 is 14.6 Å². The number of aliphatic hydroxyl groups is 1. The van der Waals surface area contributed by atoms with E-state index in [0.29, 0.717) is 26.2 Å². The van der Waals surface area contributed by atoms with Crippen molar-refractivity contribution in [2.75, 3.05) is 6.61 Å². The third-order valence-electron chi connectivity index (χ3n) is 5.50. The van der Waals surface area contributed by atoms with Crippen molar-refractivity contribution in [2.24, 2.45) is 5.92 Å². The van der Waals surface area contributed by atoms with E-state index in [2.05, 4.69) is 48.5 Å². The van der Waals surface area contributed by atoms with E-state index < -0.39 is 0 Å². The molecule has 0 radical (unpaired) electrons. The summed E-state index contributed by atoms with van der Waals surface area (Å²) >= 11 is 0.173. The van der Waals surface area contributed by atoms with Crippen LogP contribution in [0.3, 0.4) is 0 Å². The number of ether oxygens (including phenoxy) is 2. The first-order valence-electron chi connectivity index (χ1n) is 10.5. The Kier molecular flexibility index (Phi) is 7.74. The van der Waals surface area contributed by atoms with Crippen LogP contribution in [0.4, 0.5) is 0 Å². The summed E-state index contributed by atoms with van der Waals surface area (Å²) in [6.07, 6.45) is 0.328. The van der Waals surface area contributed by atoms with E-state index in [9.17, 15) is 5.11 Å². The quantitative estimate of drug-likeness (QED) is 0.484. The van der Waals surface area contributed by atoms with Gasteiger partial charge in [0.15, 0.2) is 0 Å². The van der Waals surface area contributed by atoms with Crippen molar-refractivity contribution in [2.45, 2.75) is 36.7 Å². The second-order valence-corrected chi connectivity index (χ2v) is 10.3. The van der Waals surface area contributed by atoms with Crippen molar-refractivity contribution in [3.63, 3.8) is 0 Å². The van der Waals surface area contributed by atoms with Crippen molar-refractivity contribution >= 4 is 19.4 Å². The zero-order valence-corrected chi connectivity index (χ0v) is 18.7. The predicted octanol–water partition coefficient (Wildman–Crippen LogP) is 3.99. The van der Waals surface area contributed by atoms with Crippen LogP contribution in [0.2, 0.25) is 4.82 Å². The summed E-state index contributed by atoms with van der Waals surface area (Å²) in [7, 11) is 0. The molecular weight excluding hydrogens is 439 g/mol. The van der Waals surface area contributed by atoms with E-state index in [1.165, 1.54) is 10.0 Å². The van der Waals surface area contributed by atoms with Crippen molar-refractivity contribution in [1.29, 1.82) is 0 Å². The van der Waals surface area contributed by atoms with Gasteiger partial charge in [0.25, 0.3) is 0 Å². The fraction of sp³-hybridized carbons (Fsp3) is 0.308. The first kappa shape index (κ1) is 21.3. The summed E-state index contributed by atoms with van der Waals surface area (Å²) in [4.78, 5) is 0.191. The van der Waals surface area contributed by atoms with Crippen LogP contribution in [0.15, 0.2) is 91.0 Å². The Morgan fingerprint density at radius 2 is 1.33 bits per heavy atom. The van der Waals surface area contributed by atoms with Gasteiger partial charge in [0.2, 0.25) is 0 Å². The van der Waals surface area contributed by atoms with Gasteiger partial charge in [-0.05, 0) is 0 Å². The van der Waals surface area contributed by atoms with Gasteiger partial charge in [0, 0.05) is 0 Å². The molecule has 0 unspecified atom stereocenters.